The average molecular weight is 334 g/mol. The van der Waals surface area contributed by atoms with E-state index >= 15 is 0 Å². The molecule has 2 aliphatic carbocycles. The van der Waals surface area contributed by atoms with E-state index in [0.717, 1.165) is 23.7 Å². The minimum Gasteiger partial charge on any atom is -0.352 e. The van der Waals surface area contributed by atoms with Gasteiger partial charge in [-0.1, -0.05) is 32.5 Å². The van der Waals surface area contributed by atoms with Gasteiger partial charge in [-0.15, -0.1) is 0 Å². The van der Waals surface area contributed by atoms with E-state index in [-0.39, 0.29) is 11.3 Å². The maximum atomic E-state index is 12.4. The molecule has 3 unspecified atom stereocenters. The second-order valence-corrected chi connectivity index (χ2v) is 8.90. The molecule has 3 atom stereocenters. The van der Waals surface area contributed by atoms with Crippen LogP contribution < -0.4 is 5.32 Å². The van der Waals surface area contributed by atoms with E-state index in [1.54, 1.807) is 0 Å². The van der Waals surface area contributed by atoms with Crippen molar-refractivity contribution in [1.29, 1.82) is 0 Å². The van der Waals surface area contributed by atoms with Crippen LogP contribution in [-0.2, 0) is 4.79 Å². The van der Waals surface area contributed by atoms with E-state index in [4.69, 9.17) is 0 Å². The van der Waals surface area contributed by atoms with Crippen LogP contribution in [0.5, 0.6) is 0 Å². The summed E-state index contributed by atoms with van der Waals surface area (Å²) in [5.74, 6) is 1.24. The van der Waals surface area contributed by atoms with Gasteiger partial charge in [-0.25, -0.2) is 9.97 Å². The Morgan fingerprint density at radius 3 is 2.48 bits per heavy atom. The molecular formula is C18H27N3OS. The first-order valence-electron chi connectivity index (χ1n) is 8.47. The number of amides is 1. The summed E-state index contributed by atoms with van der Waals surface area (Å²) < 4.78 is 0. The van der Waals surface area contributed by atoms with Gasteiger partial charge >= 0.3 is 0 Å². The van der Waals surface area contributed by atoms with Crippen LogP contribution in [0, 0.1) is 30.6 Å². The molecule has 1 amide bonds. The quantitative estimate of drug-likeness (QED) is 0.676. The molecule has 0 radical (unpaired) electrons. The molecule has 1 aromatic heterocycles. The van der Waals surface area contributed by atoms with Gasteiger partial charge in [0, 0.05) is 17.4 Å². The molecule has 5 heteroatoms. The molecule has 0 spiro atoms. The zero-order chi connectivity index (χ0) is 16.8. The molecule has 2 aliphatic rings. The summed E-state index contributed by atoms with van der Waals surface area (Å²) in [6.45, 7) is 11.0. The Morgan fingerprint density at radius 2 is 1.96 bits per heavy atom. The molecular weight excluding hydrogens is 306 g/mol. The number of carbonyl (C=O) groups is 1. The summed E-state index contributed by atoms with van der Waals surface area (Å²) in [5.41, 5.74) is 2.45. The van der Waals surface area contributed by atoms with Gasteiger partial charge < -0.3 is 5.32 Å². The number of rotatable bonds is 4. The largest absolute Gasteiger partial charge is 0.352 e. The fourth-order valence-corrected chi connectivity index (χ4v) is 5.31. The third kappa shape index (κ3) is 2.88. The fraction of sp³-hybridized carbons (Fsp3) is 0.722. The van der Waals surface area contributed by atoms with E-state index in [2.05, 4.69) is 36.1 Å². The van der Waals surface area contributed by atoms with Gasteiger partial charge in [0.25, 0.3) is 0 Å². The Bertz CT molecular complexity index is 610. The molecule has 2 fully saturated rings. The summed E-state index contributed by atoms with van der Waals surface area (Å²) in [6, 6.07) is 2.26. The number of nitrogens with zero attached hydrogens (tertiary/aromatic N) is 2. The van der Waals surface area contributed by atoms with E-state index in [1.165, 1.54) is 24.6 Å². The number of hydrogen-bond acceptors (Lipinski definition) is 4. The molecule has 0 saturated heterocycles. The van der Waals surface area contributed by atoms with Crippen LogP contribution in [0.15, 0.2) is 11.2 Å². The van der Waals surface area contributed by atoms with E-state index in [9.17, 15) is 4.79 Å². The minimum atomic E-state index is 0.104. The molecule has 0 aliphatic heterocycles. The lowest BCUT2D eigenvalue weighted by atomic mass is 9.69. The Morgan fingerprint density at radius 1 is 1.30 bits per heavy atom. The number of hydrogen-bond donors (Lipinski definition) is 1. The van der Waals surface area contributed by atoms with Gasteiger partial charge in [0.2, 0.25) is 5.91 Å². The molecule has 4 nitrogen and oxygen atoms in total. The first kappa shape index (κ1) is 16.7. The predicted molar refractivity (Wildman–Crippen MR) is 93.4 cm³/mol. The highest BCUT2D eigenvalue weighted by Crippen LogP contribution is 2.65. The first-order valence-corrected chi connectivity index (χ1v) is 9.45. The second kappa shape index (κ2) is 5.76. The number of fused-ring (bicyclic) bond motifs is 2. The van der Waals surface area contributed by atoms with Crippen LogP contribution in [0.4, 0.5) is 0 Å². The van der Waals surface area contributed by atoms with Crippen LogP contribution >= 0.6 is 11.8 Å². The topological polar surface area (TPSA) is 54.9 Å². The minimum absolute atomic E-state index is 0.104. The van der Waals surface area contributed by atoms with Gasteiger partial charge in [-0.05, 0) is 55.9 Å². The molecule has 23 heavy (non-hydrogen) atoms. The lowest BCUT2D eigenvalue weighted by molar-refractivity contribution is -0.120. The van der Waals surface area contributed by atoms with Crippen molar-refractivity contribution in [3.8, 4) is 0 Å². The molecule has 2 saturated carbocycles. The summed E-state index contributed by atoms with van der Waals surface area (Å²) in [6.07, 6.45) is 3.66. The Balaban J connectivity index is 1.58. The normalized spacial score (nSPS) is 31.3. The average Bonchev–Trinajstić information content (AvgIpc) is 2.77. The van der Waals surface area contributed by atoms with Gasteiger partial charge in [-0.2, -0.15) is 0 Å². The third-order valence-electron chi connectivity index (χ3n) is 6.42. The van der Waals surface area contributed by atoms with Gasteiger partial charge in [0.15, 0.2) is 5.16 Å². The highest BCUT2D eigenvalue weighted by atomic mass is 32.2. The van der Waals surface area contributed by atoms with Crippen molar-refractivity contribution in [3.05, 3.63) is 17.5 Å². The lowest BCUT2D eigenvalue weighted by Gasteiger charge is -2.39. The van der Waals surface area contributed by atoms with Crippen LogP contribution in [0.1, 0.15) is 51.4 Å². The van der Waals surface area contributed by atoms with E-state index < -0.39 is 0 Å². The fourth-order valence-electron chi connectivity index (χ4n) is 4.55. The zero-order valence-corrected chi connectivity index (χ0v) is 15.6. The highest BCUT2D eigenvalue weighted by Gasteiger charge is 2.61. The standard InChI is InChI=1S/C18H27N3OS/c1-11-8-12(2)20-16(19-11)23-10-15(22)21-14-9-13-6-7-18(14,5)17(13,3)4/h8,13-14H,6-7,9-10H2,1-5H3,(H,21,22). The zero-order valence-electron chi connectivity index (χ0n) is 14.8. The molecule has 1 heterocycles. The summed E-state index contributed by atoms with van der Waals surface area (Å²) in [7, 11) is 0. The number of carbonyl (C=O) groups excluding carboxylic acids is 1. The van der Waals surface area contributed by atoms with Crippen LogP contribution in [0.25, 0.3) is 0 Å². The van der Waals surface area contributed by atoms with Crippen LogP contribution in [0.2, 0.25) is 0 Å². The summed E-state index contributed by atoms with van der Waals surface area (Å²) in [4.78, 5) is 21.2. The maximum Gasteiger partial charge on any atom is 0.230 e. The Hall–Kier alpha value is -1.10. The van der Waals surface area contributed by atoms with Crippen molar-refractivity contribution in [2.24, 2.45) is 16.7 Å². The van der Waals surface area contributed by atoms with Crippen molar-refractivity contribution >= 4 is 17.7 Å². The number of aryl methyl sites for hydroxylation is 2. The van der Waals surface area contributed by atoms with Crippen molar-refractivity contribution < 1.29 is 4.79 Å². The van der Waals surface area contributed by atoms with Crippen LogP contribution in [-0.4, -0.2) is 27.7 Å². The van der Waals surface area contributed by atoms with E-state index in [1.807, 2.05) is 19.9 Å². The first-order chi connectivity index (χ1) is 10.7. The Labute approximate surface area is 143 Å². The molecule has 1 aromatic rings. The van der Waals surface area contributed by atoms with Crippen molar-refractivity contribution in [2.45, 2.75) is 65.1 Å². The summed E-state index contributed by atoms with van der Waals surface area (Å²) >= 11 is 1.42. The summed E-state index contributed by atoms with van der Waals surface area (Å²) in [5, 5.41) is 3.98. The maximum absolute atomic E-state index is 12.4. The van der Waals surface area contributed by atoms with Gasteiger partial charge in [0.05, 0.1) is 5.75 Å². The molecule has 126 valence electrons. The molecule has 1 N–H and O–H groups in total. The predicted octanol–water partition coefficient (Wildman–Crippen LogP) is 3.52. The molecule has 2 bridgehead atoms. The number of thioether (sulfide) groups is 1. The van der Waals surface area contributed by atoms with Crippen molar-refractivity contribution in [2.75, 3.05) is 5.75 Å². The Kier molecular flexibility index (Phi) is 4.20. The smallest absolute Gasteiger partial charge is 0.230 e. The lowest BCUT2D eigenvalue weighted by Crippen LogP contribution is -2.47. The van der Waals surface area contributed by atoms with Crippen LogP contribution in [0.3, 0.4) is 0 Å². The number of aromatic nitrogens is 2. The molecule has 0 aromatic carbocycles. The SMILES string of the molecule is Cc1cc(C)nc(SCC(=O)NC2CC3CCC2(C)C3(C)C)n1. The van der Waals surface area contributed by atoms with E-state index in [0.29, 0.717) is 22.4 Å². The third-order valence-corrected chi connectivity index (χ3v) is 7.27. The van der Waals surface area contributed by atoms with Crippen molar-refractivity contribution in [3.63, 3.8) is 0 Å². The van der Waals surface area contributed by atoms with Gasteiger partial charge in [0.1, 0.15) is 0 Å². The van der Waals surface area contributed by atoms with Crippen molar-refractivity contribution in [1.82, 2.24) is 15.3 Å². The number of nitrogens with one attached hydrogen (secondary N) is 1. The highest BCUT2D eigenvalue weighted by molar-refractivity contribution is 7.99. The monoisotopic (exact) mass is 333 g/mol. The molecule has 3 rings (SSSR count). The van der Waals surface area contributed by atoms with Gasteiger partial charge in [-0.3, -0.25) is 4.79 Å². The second-order valence-electron chi connectivity index (χ2n) is 7.95.